The quantitative estimate of drug-likeness (QED) is 0.268. The van der Waals surface area contributed by atoms with Crippen molar-refractivity contribution in [3.63, 3.8) is 0 Å². The summed E-state index contributed by atoms with van der Waals surface area (Å²) >= 11 is 0. The van der Waals surface area contributed by atoms with Crippen LogP contribution in [0.15, 0.2) is 35.3 Å². The minimum absolute atomic E-state index is 0. The van der Waals surface area contributed by atoms with Crippen LogP contribution in [0.4, 0.5) is 0 Å². The molecule has 0 saturated carbocycles. The highest BCUT2D eigenvalue weighted by Crippen LogP contribution is 2.15. The summed E-state index contributed by atoms with van der Waals surface area (Å²) in [6, 6.07) is 10.3. The molecule has 132 valence electrons. The number of guanidine groups is 1. The van der Waals surface area contributed by atoms with Gasteiger partial charge in [0.1, 0.15) is 0 Å². The van der Waals surface area contributed by atoms with E-state index in [-0.39, 0.29) is 30.1 Å². The number of nitrogens with one attached hydrogen (secondary N) is 2. The molecule has 2 N–H and O–H groups in total. The van der Waals surface area contributed by atoms with Crippen molar-refractivity contribution in [3.8, 4) is 0 Å². The first-order valence-electron chi connectivity index (χ1n) is 8.24. The lowest BCUT2D eigenvalue weighted by Crippen LogP contribution is -2.38. The van der Waals surface area contributed by atoms with Gasteiger partial charge in [-0.2, -0.15) is 0 Å². The topological polar surface area (TPSA) is 45.7 Å². The largest absolute Gasteiger partial charge is 0.374 e. The molecule has 0 radical (unpaired) electrons. The van der Waals surface area contributed by atoms with Crippen LogP contribution >= 0.6 is 24.0 Å². The number of hydrogen-bond donors (Lipinski definition) is 2. The van der Waals surface area contributed by atoms with E-state index in [0.717, 1.165) is 38.5 Å². The molecule has 0 heterocycles. The number of nitrogens with zero attached hydrogens (tertiary/aromatic N) is 1. The molecule has 1 rings (SSSR count). The van der Waals surface area contributed by atoms with E-state index in [1.165, 1.54) is 5.56 Å². The van der Waals surface area contributed by atoms with Gasteiger partial charge in [-0.1, -0.05) is 44.2 Å². The molecule has 0 aliphatic heterocycles. The second kappa shape index (κ2) is 13.6. The van der Waals surface area contributed by atoms with Gasteiger partial charge in [0.25, 0.3) is 0 Å². The second-order valence-electron chi connectivity index (χ2n) is 5.89. The van der Waals surface area contributed by atoms with Crippen LogP contribution in [-0.4, -0.2) is 32.7 Å². The Kier molecular flexibility index (Phi) is 13.1. The van der Waals surface area contributed by atoms with Crippen LogP contribution in [0, 0.1) is 5.92 Å². The summed E-state index contributed by atoms with van der Waals surface area (Å²) in [5.41, 5.74) is 1.22. The van der Waals surface area contributed by atoms with Crippen LogP contribution in [0.3, 0.4) is 0 Å². The third-order valence-corrected chi connectivity index (χ3v) is 3.49. The Hall–Kier alpha value is -0.820. The van der Waals surface area contributed by atoms with Crippen molar-refractivity contribution in [2.75, 3.05) is 26.7 Å². The molecule has 4 nitrogen and oxygen atoms in total. The van der Waals surface area contributed by atoms with Crippen molar-refractivity contribution in [1.29, 1.82) is 0 Å². The summed E-state index contributed by atoms with van der Waals surface area (Å²) in [7, 11) is 1.80. The van der Waals surface area contributed by atoms with E-state index in [2.05, 4.69) is 48.5 Å². The fourth-order valence-corrected chi connectivity index (χ4v) is 2.06. The molecule has 0 bridgehead atoms. The summed E-state index contributed by atoms with van der Waals surface area (Å²) in [6.45, 7) is 9.11. The molecule has 23 heavy (non-hydrogen) atoms. The Morgan fingerprint density at radius 2 is 1.74 bits per heavy atom. The zero-order chi connectivity index (χ0) is 16.2. The van der Waals surface area contributed by atoms with Gasteiger partial charge in [-0.25, -0.2) is 0 Å². The van der Waals surface area contributed by atoms with E-state index in [9.17, 15) is 0 Å². The molecule has 0 saturated heterocycles. The molecular formula is C18H32IN3O. The summed E-state index contributed by atoms with van der Waals surface area (Å²) in [6.07, 6.45) is 2.25. The minimum Gasteiger partial charge on any atom is -0.374 e. The average Bonchev–Trinajstić information content (AvgIpc) is 2.53. The molecule has 1 aromatic rings. The summed E-state index contributed by atoms with van der Waals surface area (Å²) in [5.74, 6) is 1.58. The normalized spacial score (nSPS) is 12.7. The van der Waals surface area contributed by atoms with Crippen molar-refractivity contribution in [3.05, 3.63) is 35.9 Å². The number of aliphatic imine (C=N–C) groups is 1. The van der Waals surface area contributed by atoms with Crippen LogP contribution in [-0.2, 0) is 4.74 Å². The van der Waals surface area contributed by atoms with Gasteiger partial charge in [-0.15, -0.1) is 24.0 Å². The summed E-state index contributed by atoms with van der Waals surface area (Å²) in [4.78, 5) is 4.22. The highest BCUT2D eigenvalue weighted by molar-refractivity contribution is 14.0. The summed E-state index contributed by atoms with van der Waals surface area (Å²) in [5, 5.41) is 6.64. The van der Waals surface area contributed by atoms with E-state index in [0.29, 0.717) is 5.92 Å². The number of ether oxygens (including phenoxy) is 1. The van der Waals surface area contributed by atoms with Crippen molar-refractivity contribution in [1.82, 2.24) is 10.6 Å². The van der Waals surface area contributed by atoms with Gasteiger partial charge in [0.05, 0.1) is 6.10 Å². The SMILES string of the molecule is CN=C(NCCCOC(C)c1ccccc1)NCCC(C)C.I. The summed E-state index contributed by atoms with van der Waals surface area (Å²) < 4.78 is 5.86. The van der Waals surface area contributed by atoms with Gasteiger partial charge in [-0.05, 0) is 31.2 Å². The van der Waals surface area contributed by atoms with Crippen LogP contribution in [0.5, 0.6) is 0 Å². The fourth-order valence-electron chi connectivity index (χ4n) is 2.06. The first-order valence-corrected chi connectivity index (χ1v) is 8.24. The minimum atomic E-state index is 0. The highest BCUT2D eigenvalue weighted by atomic mass is 127. The fraction of sp³-hybridized carbons (Fsp3) is 0.611. The number of rotatable bonds is 9. The third-order valence-electron chi connectivity index (χ3n) is 3.49. The van der Waals surface area contributed by atoms with Crippen molar-refractivity contribution < 1.29 is 4.74 Å². The van der Waals surface area contributed by atoms with Crippen LogP contribution in [0.25, 0.3) is 0 Å². The molecule has 1 unspecified atom stereocenters. The Labute approximate surface area is 158 Å². The lowest BCUT2D eigenvalue weighted by Gasteiger charge is -2.15. The monoisotopic (exact) mass is 433 g/mol. The highest BCUT2D eigenvalue weighted by Gasteiger charge is 2.04. The predicted molar refractivity (Wildman–Crippen MR) is 110 cm³/mol. The van der Waals surface area contributed by atoms with E-state index in [1.807, 2.05) is 18.2 Å². The molecule has 0 fully saturated rings. The van der Waals surface area contributed by atoms with Crippen molar-refractivity contribution in [2.45, 2.75) is 39.7 Å². The Bertz CT molecular complexity index is 424. The Morgan fingerprint density at radius 3 is 2.35 bits per heavy atom. The van der Waals surface area contributed by atoms with Gasteiger partial charge in [0.2, 0.25) is 0 Å². The molecule has 0 spiro atoms. The molecule has 0 aliphatic rings. The zero-order valence-corrected chi connectivity index (χ0v) is 17.2. The Morgan fingerprint density at radius 1 is 1.09 bits per heavy atom. The Balaban J connectivity index is 0.00000484. The van der Waals surface area contributed by atoms with E-state index >= 15 is 0 Å². The first-order chi connectivity index (χ1) is 10.6. The zero-order valence-electron chi connectivity index (χ0n) is 14.8. The number of benzene rings is 1. The van der Waals surface area contributed by atoms with Gasteiger partial charge in [0.15, 0.2) is 5.96 Å². The molecule has 0 aromatic heterocycles. The smallest absolute Gasteiger partial charge is 0.190 e. The second-order valence-corrected chi connectivity index (χ2v) is 5.89. The number of halogens is 1. The first kappa shape index (κ1) is 22.2. The average molecular weight is 433 g/mol. The maximum absolute atomic E-state index is 5.86. The van der Waals surface area contributed by atoms with Gasteiger partial charge in [-0.3, -0.25) is 4.99 Å². The van der Waals surface area contributed by atoms with Crippen LogP contribution in [0.2, 0.25) is 0 Å². The molecular weight excluding hydrogens is 401 g/mol. The molecule has 1 atom stereocenters. The predicted octanol–water partition coefficient (Wildman–Crippen LogP) is 3.98. The van der Waals surface area contributed by atoms with E-state index < -0.39 is 0 Å². The van der Waals surface area contributed by atoms with Crippen LogP contribution < -0.4 is 10.6 Å². The molecule has 0 amide bonds. The molecule has 5 heteroatoms. The molecule has 0 aliphatic carbocycles. The number of hydrogen-bond acceptors (Lipinski definition) is 2. The van der Waals surface area contributed by atoms with Gasteiger partial charge >= 0.3 is 0 Å². The van der Waals surface area contributed by atoms with Gasteiger partial charge in [0, 0.05) is 26.7 Å². The standard InChI is InChI=1S/C18H31N3O.HI/c1-15(2)11-13-21-18(19-4)20-12-8-14-22-16(3)17-9-6-5-7-10-17;/h5-7,9-10,15-16H,8,11-14H2,1-4H3,(H2,19,20,21);1H. The van der Waals surface area contributed by atoms with E-state index in [4.69, 9.17) is 4.74 Å². The maximum Gasteiger partial charge on any atom is 0.190 e. The lowest BCUT2D eigenvalue weighted by molar-refractivity contribution is 0.0646. The van der Waals surface area contributed by atoms with Crippen molar-refractivity contribution in [2.24, 2.45) is 10.9 Å². The van der Waals surface area contributed by atoms with E-state index in [1.54, 1.807) is 7.05 Å². The van der Waals surface area contributed by atoms with Crippen molar-refractivity contribution >= 4 is 29.9 Å². The van der Waals surface area contributed by atoms with Crippen LogP contribution in [0.1, 0.15) is 45.3 Å². The van der Waals surface area contributed by atoms with Gasteiger partial charge < -0.3 is 15.4 Å². The maximum atomic E-state index is 5.86. The third kappa shape index (κ3) is 10.5. The molecule has 1 aromatic carbocycles. The lowest BCUT2D eigenvalue weighted by atomic mass is 10.1.